The van der Waals surface area contributed by atoms with Gasteiger partial charge in [-0.2, -0.15) is 0 Å². The van der Waals surface area contributed by atoms with Gasteiger partial charge in [0.15, 0.2) is 5.76 Å². The number of hydrogen-bond acceptors (Lipinski definition) is 7. The molecule has 11 heteroatoms. The second kappa shape index (κ2) is 13.2. The first-order valence-electron chi connectivity index (χ1n) is 11.5. The second-order valence-electron chi connectivity index (χ2n) is 8.99. The van der Waals surface area contributed by atoms with Gasteiger partial charge >= 0.3 is 18.0 Å². The molecule has 0 saturated heterocycles. The summed E-state index contributed by atoms with van der Waals surface area (Å²) in [5, 5.41) is 22.7. The molecule has 0 bridgehead atoms. The number of aliphatic carboxylic acids is 2. The highest BCUT2D eigenvalue weighted by Gasteiger charge is 2.25. The smallest absolute Gasteiger partial charge is 0.407 e. The quantitative estimate of drug-likeness (QED) is 0.298. The number of carbonyl (C=O) groups excluding carboxylic acids is 2. The number of furan rings is 1. The van der Waals surface area contributed by atoms with E-state index in [1.165, 1.54) is 6.07 Å². The van der Waals surface area contributed by atoms with Gasteiger partial charge in [-0.1, -0.05) is 0 Å². The van der Waals surface area contributed by atoms with E-state index in [2.05, 4.69) is 10.6 Å². The lowest BCUT2D eigenvalue weighted by Gasteiger charge is -2.19. The van der Waals surface area contributed by atoms with Crippen molar-refractivity contribution in [3.63, 3.8) is 0 Å². The number of carboxylic acid groups (broad SMARTS) is 2. The van der Waals surface area contributed by atoms with E-state index in [1.807, 2.05) is 20.8 Å². The van der Waals surface area contributed by atoms with E-state index < -0.39 is 42.0 Å². The predicted molar refractivity (Wildman–Crippen MR) is 129 cm³/mol. The van der Waals surface area contributed by atoms with E-state index in [9.17, 15) is 19.2 Å². The van der Waals surface area contributed by atoms with Crippen LogP contribution >= 0.6 is 0 Å². The van der Waals surface area contributed by atoms with E-state index in [-0.39, 0.29) is 5.76 Å². The number of carboxylic acids is 2. The molecule has 0 aliphatic carbocycles. The Hall–Kier alpha value is -4.02. The van der Waals surface area contributed by atoms with Crippen LogP contribution in [0.1, 0.15) is 57.0 Å². The van der Waals surface area contributed by atoms with E-state index in [1.54, 1.807) is 30.3 Å². The number of rotatable bonds is 13. The lowest BCUT2D eigenvalue weighted by molar-refractivity contribution is -0.145. The van der Waals surface area contributed by atoms with Crippen LogP contribution in [-0.2, 0) is 14.3 Å². The number of hydrogen-bond donors (Lipinski definition) is 4. The Kier molecular flexibility index (Phi) is 10.3. The van der Waals surface area contributed by atoms with Crippen LogP contribution in [0.3, 0.4) is 0 Å². The number of unbranched alkanes of at least 4 members (excludes halogenated alkanes) is 2. The molecule has 1 atom stereocenters. The summed E-state index contributed by atoms with van der Waals surface area (Å²) in [6.07, 6.45) is 1.32. The zero-order valence-electron chi connectivity index (χ0n) is 20.5. The minimum absolute atomic E-state index is 0.136. The minimum Gasteiger partial charge on any atom is -0.494 e. The fourth-order valence-corrected chi connectivity index (χ4v) is 3.03. The Morgan fingerprint density at radius 2 is 1.67 bits per heavy atom. The van der Waals surface area contributed by atoms with Crippen molar-refractivity contribution in [1.29, 1.82) is 0 Å². The van der Waals surface area contributed by atoms with Crippen LogP contribution in [0.15, 0.2) is 40.8 Å². The van der Waals surface area contributed by atoms with E-state index >= 15 is 0 Å². The van der Waals surface area contributed by atoms with Crippen LogP contribution in [0.25, 0.3) is 11.3 Å². The SMILES string of the molecule is CC(C)(C)OC(=O)NCCCCCOc1ccc(-c2ccc(C(=O)N[C@@H](CC(=O)O)C(=O)O)o2)cc1. The molecule has 11 nitrogen and oxygen atoms in total. The van der Waals surface area contributed by atoms with E-state index in [4.69, 9.17) is 24.1 Å². The highest BCUT2D eigenvalue weighted by Crippen LogP contribution is 2.25. The summed E-state index contributed by atoms with van der Waals surface area (Å²) in [6.45, 7) is 6.48. The molecule has 0 saturated carbocycles. The first-order valence-corrected chi connectivity index (χ1v) is 11.5. The van der Waals surface area contributed by atoms with E-state index in [0.717, 1.165) is 19.3 Å². The molecule has 0 spiro atoms. The Morgan fingerprint density at radius 3 is 2.28 bits per heavy atom. The molecule has 0 unspecified atom stereocenters. The van der Waals surface area contributed by atoms with Crippen LogP contribution in [-0.4, -0.2) is 58.9 Å². The number of nitrogens with one attached hydrogen (secondary N) is 2. The molecule has 0 radical (unpaired) electrons. The van der Waals surface area contributed by atoms with Crippen LogP contribution in [0.2, 0.25) is 0 Å². The zero-order chi connectivity index (χ0) is 26.7. The highest BCUT2D eigenvalue weighted by atomic mass is 16.6. The van der Waals surface area contributed by atoms with Gasteiger partial charge < -0.3 is 34.7 Å². The summed E-state index contributed by atoms with van der Waals surface area (Å²) in [4.78, 5) is 45.7. The molecular weight excluding hydrogens is 472 g/mol. The third kappa shape index (κ3) is 10.1. The third-order valence-electron chi connectivity index (χ3n) is 4.71. The molecule has 0 aliphatic heterocycles. The molecule has 1 aromatic carbocycles. The molecule has 4 N–H and O–H groups in total. The topological polar surface area (TPSA) is 164 Å². The lowest BCUT2D eigenvalue weighted by atomic mass is 10.2. The monoisotopic (exact) mass is 504 g/mol. The Labute approximate surface area is 208 Å². The van der Waals surface area contributed by atoms with Crippen molar-refractivity contribution in [3.8, 4) is 17.1 Å². The summed E-state index contributed by atoms with van der Waals surface area (Å²) in [6, 6.07) is 8.40. The average Bonchev–Trinajstić information content (AvgIpc) is 3.27. The summed E-state index contributed by atoms with van der Waals surface area (Å²) >= 11 is 0. The number of amides is 2. The van der Waals surface area contributed by atoms with Crippen molar-refractivity contribution in [3.05, 3.63) is 42.2 Å². The van der Waals surface area contributed by atoms with Crippen molar-refractivity contribution in [2.75, 3.05) is 13.2 Å². The zero-order valence-corrected chi connectivity index (χ0v) is 20.5. The summed E-state index contributed by atoms with van der Waals surface area (Å²) in [7, 11) is 0. The van der Waals surface area contributed by atoms with Crippen molar-refractivity contribution >= 4 is 23.9 Å². The van der Waals surface area contributed by atoms with Crippen LogP contribution < -0.4 is 15.4 Å². The van der Waals surface area contributed by atoms with Crippen molar-refractivity contribution < 1.29 is 43.3 Å². The lowest BCUT2D eigenvalue weighted by Crippen LogP contribution is -2.42. The van der Waals surface area contributed by atoms with Crippen LogP contribution in [0, 0.1) is 0 Å². The standard InChI is InChI=1S/C25H32N2O9/c1-25(2,3)36-24(33)26-13-5-4-6-14-34-17-9-7-16(8-10-17)19-11-12-20(35-19)22(30)27-18(23(31)32)15-21(28)29/h7-12,18H,4-6,13-15H2,1-3H3,(H,26,33)(H,27,30)(H,28,29)(H,31,32)/t18-/m0/s1. The number of ether oxygens (including phenoxy) is 2. The average molecular weight is 505 g/mol. The van der Waals surface area contributed by atoms with Gasteiger partial charge in [-0.25, -0.2) is 9.59 Å². The molecule has 2 amide bonds. The predicted octanol–water partition coefficient (Wildman–Crippen LogP) is 3.68. The van der Waals surface area contributed by atoms with Gasteiger partial charge in [0.05, 0.1) is 13.0 Å². The minimum atomic E-state index is -1.57. The Bertz CT molecular complexity index is 1040. The van der Waals surface area contributed by atoms with Gasteiger partial charge in [0.2, 0.25) is 0 Å². The summed E-state index contributed by atoms with van der Waals surface area (Å²) in [5.74, 6) is -2.72. The van der Waals surface area contributed by atoms with Gasteiger partial charge in [0.25, 0.3) is 5.91 Å². The van der Waals surface area contributed by atoms with Gasteiger partial charge in [0, 0.05) is 12.1 Å². The molecule has 0 aliphatic rings. The van der Waals surface area contributed by atoms with Crippen molar-refractivity contribution in [2.24, 2.45) is 0 Å². The fourth-order valence-electron chi connectivity index (χ4n) is 3.03. The van der Waals surface area contributed by atoms with Gasteiger partial charge in [-0.05, 0) is 76.4 Å². The largest absolute Gasteiger partial charge is 0.494 e. The molecule has 36 heavy (non-hydrogen) atoms. The molecule has 0 fully saturated rings. The maximum atomic E-state index is 12.2. The summed E-state index contributed by atoms with van der Waals surface area (Å²) in [5.41, 5.74) is 0.158. The van der Waals surface area contributed by atoms with Crippen molar-refractivity contribution in [1.82, 2.24) is 10.6 Å². The van der Waals surface area contributed by atoms with Crippen LogP contribution in [0.5, 0.6) is 5.75 Å². The third-order valence-corrected chi connectivity index (χ3v) is 4.71. The first-order chi connectivity index (χ1) is 16.9. The van der Waals surface area contributed by atoms with E-state index in [0.29, 0.717) is 30.2 Å². The first kappa shape index (κ1) is 28.2. The Morgan fingerprint density at radius 1 is 0.972 bits per heavy atom. The molecule has 1 heterocycles. The molecular formula is C25H32N2O9. The molecule has 2 aromatic rings. The maximum absolute atomic E-state index is 12.2. The Balaban J connectivity index is 1.75. The molecule has 1 aromatic heterocycles. The van der Waals surface area contributed by atoms with Gasteiger partial charge in [0.1, 0.15) is 23.2 Å². The second-order valence-corrected chi connectivity index (χ2v) is 8.99. The number of benzene rings is 1. The van der Waals surface area contributed by atoms with Crippen LogP contribution in [0.4, 0.5) is 4.79 Å². The molecule has 2 rings (SSSR count). The molecule has 196 valence electrons. The van der Waals surface area contributed by atoms with Gasteiger partial charge in [-0.15, -0.1) is 0 Å². The van der Waals surface area contributed by atoms with Crippen molar-refractivity contribution in [2.45, 2.75) is 58.1 Å². The number of carbonyl (C=O) groups is 4. The number of alkyl carbamates (subject to hydrolysis) is 1. The highest BCUT2D eigenvalue weighted by molar-refractivity contribution is 5.95. The maximum Gasteiger partial charge on any atom is 0.407 e. The fraction of sp³-hybridized carbons (Fsp3) is 0.440. The van der Waals surface area contributed by atoms with Gasteiger partial charge in [-0.3, -0.25) is 9.59 Å². The summed E-state index contributed by atoms with van der Waals surface area (Å²) < 4.78 is 16.4. The normalized spacial score (nSPS) is 11.9.